The zero-order valence-electron chi connectivity index (χ0n) is 26.3. The van der Waals surface area contributed by atoms with Crippen LogP contribution in [0.1, 0.15) is 81.8 Å². The molecule has 8 nitrogen and oxygen atoms in total. The second-order valence-corrected chi connectivity index (χ2v) is 12.8. The van der Waals surface area contributed by atoms with E-state index in [1.165, 1.54) is 12.2 Å². The Labute approximate surface area is 249 Å². The lowest BCUT2D eigenvalue weighted by molar-refractivity contribution is -0.133. The molecule has 0 amide bonds. The summed E-state index contributed by atoms with van der Waals surface area (Å²) in [5, 5.41) is 41.1. The number of hydrogen-bond acceptors (Lipinski definition) is 6. The van der Waals surface area contributed by atoms with Gasteiger partial charge in [0.25, 0.3) is 0 Å². The molecule has 8 heteroatoms. The smallest absolute Gasteiger partial charge is 0.331 e. The van der Waals surface area contributed by atoms with E-state index in [1.54, 1.807) is 19.1 Å². The van der Waals surface area contributed by atoms with Crippen LogP contribution >= 0.6 is 0 Å². The highest BCUT2D eigenvalue weighted by Gasteiger charge is 2.23. The summed E-state index contributed by atoms with van der Waals surface area (Å²) < 4.78 is 11.2. The van der Waals surface area contributed by atoms with Crippen LogP contribution in [0, 0.1) is 13.8 Å². The molecule has 2 aromatic carbocycles. The number of benzene rings is 2. The first kappa shape index (κ1) is 34.6. The van der Waals surface area contributed by atoms with E-state index in [0.717, 1.165) is 22.3 Å². The molecule has 0 radical (unpaired) electrons. The molecule has 0 unspecified atom stereocenters. The molecule has 0 bridgehead atoms. The van der Waals surface area contributed by atoms with Gasteiger partial charge in [0.2, 0.25) is 0 Å². The van der Waals surface area contributed by atoms with Crippen LogP contribution in [0.4, 0.5) is 0 Å². The van der Waals surface area contributed by atoms with Crippen LogP contribution < -0.4 is 0 Å². The SMILES string of the molecule is Cc1cc(CC(=CCOC(C)OCC=C(Cc2cc(C)cc(C(C)(C)C)c2O)C(=O)O)C(=O)O)c(O)c(C(C)(C)C)c1. The fourth-order valence-electron chi connectivity index (χ4n) is 4.62. The van der Waals surface area contributed by atoms with Crippen molar-refractivity contribution in [3.8, 4) is 11.5 Å². The Hall–Kier alpha value is -3.62. The molecule has 0 aromatic heterocycles. The molecule has 0 aliphatic heterocycles. The van der Waals surface area contributed by atoms with Crippen molar-refractivity contribution in [2.45, 2.75) is 92.3 Å². The Bertz CT molecular complexity index is 1250. The van der Waals surface area contributed by atoms with Crippen molar-refractivity contribution in [1.29, 1.82) is 0 Å². The maximum absolute atomic E-state index is 11.9. The number of rotatable bonds is 12. The lowest BCUT2D eigenvalue weighted by atomic mass is 9.83. The van der Waals surface area contributed by atoms with Gasteiger partial charge in [0.05, 0.1) is 13.2 Å². The predicted molar refractivity (Wildman–Crippen MR) is 163 cm³/mol. The third kappa shape index (κ3) is 9.74. The molecule has 0 aliphatic rings. The zero-order valence-corrected chi connectivity index (χ0v) is 26.3. The van der Waals surface area contributed by atoms with Crippen molar-refractivity contribution in [1.82, 2.24) is 0 Å². The van der Waals surface area contributed by atoms with E-state index in [-0.39, 0.29) is 59.5 Å². The van der Waals surface area contributed by atoms with Crippen molar-refractivity contribution < 1.29 is 39.5 Å². The highest BCUT2D eigenvalue weighted by atomic mass is 16.7. The van der Waals surface area contributed by atoms with Crippen LogP contribution in [0.25, 0.3) is 0 Å². The second-order valence-electron chi connectivity index (χ2n) is 12.8. The summed E-state index contributed by atoms with van der Waals surface area (Å²) in [6, 6.07) is 7.37. The van der Waals surface area contributed by atoms with Crippen LogP contribution in [0.15, 0.2) is 47.6 Å². The summed E-state index contributed by atoms with van der Waals surface area (Å²) in [7, 11) is 0. The van der Waals surface area contributed by atoms with Gasteiger partial charge in [-0.1, -0.05) is 76.9 Å². The van der Waals surface area contributed by atoms with Crippen LogP contribution in [0.3, 0.4) is 0 Å². The van der Waals surface area contributed by atoms with E-state index in [2.05, 4.69) is 0 Å². The molecule has 0 atom stereocenters. The van der Waals surface area contributed by atoms with Gasteiger partial charge in [0, 0.05) is 24.0 Å². The number of carboxylic acid groups (broad SMARTS) is 2. The Morgan fingerprint density at radius 1 is 0.714 bits per heavy atom. The van der Waals surface area contributed by atoms with Crippen molar-refractivity contribution >= 4 is 11.9 Å². The molecule has 0 spiro atoms. The number of hydrogen-bond donors (Lipinski definition) is 4. The minimum Gasteiger partial charge on any atom is -0.507 e. The van der Waals surface area contributed by atoms with Gasteiger partial charge in [-0.05, 0) is 66.0 Å². The molecule has 2 aromatic rings. The van der Waals surface area contributed by atoms with Gasteiger partial charge in [0.15, 0.2) is 6.29 Å². The number of phenols is 2. The highest BCUT2D eigenvalue weighted by molar-refractivity contribution is 5.87. The van der Waals surface area contributed by atoms with Crippen LogP contribution in [-0.4, -0.2) is 51.9 Å². The Morgan fingerprint density at radius 2 is 1.05 bits per heavy atom. The number of carboxylic acids is 2. The predicted octanol–water partition coefficient (Wildman–Crippen LogP) is 6.50. The standard InChI is InChI=1S/C34H46O8/c1-20-14-25(29(35)27(16-20)33(4,5)6)18-23(31(37)38)10-12-41-22(3)42-13-11-24(32(39)40)19-26-15-21(2)17-28(30(26)36)34(7,8)9/h10-11,14-17,22,35-36H,12-13,18-19H2,1-9H3,(H,37,38)(H,39,40). The van der Waals surface area contributed by atoms with E-state index in [9.17, 15) is 30.0 Å². The minimum absolute atomic E-state index is 0.0258. The third-order valence-electron chi connectivity index (χ3n) is 6.91. The number of ether oxygens (including phenoxy) is 2. The highest BCUT2D eigenvalue weighted by Crippen LogP contribution is 2.36. The van der Waals surface area contributed by atoms with E-state index >= 15 is 0 Å². The molecule has 0 heterocycles. The topological polar surface area (TPSA) is 134 Å². The number of carbonyl (C=O) groups is 2. The number of aliphatic carboxylic acids is 2. The normalized spacial score (nSPS) is 13.7. The second kappa shape index (κ2) is 14.0. The first-order chi connectivity index (χ1) is 19.3. The van der Waals surface area contributed by atoms with Gasteiger partial charge < -0.3 is 29.9 Å². The summed E-state index contributed by atoms with van der Waals surface area (Å²) in [6.45, 7) is 17.2. The van der Waals surface area contributed by atoms with Crippen molar-refractivity contribution in [2.75, 3.05) is 13.2 Å². The van der Waals surface area contributed by atoms with Crippen molar-refractivity contribution in [2.24, 2.45) is 0 Å². The van der Waals surface area contributed by atoms with Gasteiger partial charge >= 0.3 is 11.9 Å². The van der Waals surface area contributed by atoms with E-state index < -0.39 is 18.2 Å². The van der Waals surface area contributed by atoms with Gasteiger partial charge in [-0.2, -0.15) is 0 Å². The Balaban J connectivity index is 2.08. The lowest BCUT2D eigenvalue weighted by Gasteiger charge is -2.23. The molecule has 2 rings (SSSR count). The molecule has 0 aliphatic carbocycles. The third-order valence-corrected chi connectivity index (χ3v) is 6.91. The minimum atomic E-state index is -1.12. The van der Waals surface area contributed by atoms with Gasteiger partial charge in [-0.25, -0.2) is 9.59 Å². The number of aryl methyl sites for hydroxylation is 2. The molecule has 42 heavy (non-hydrogen) atoms. The molecular weight excluding hydrogens is 536 g/mol. The maximum Gasteiger partial charge on any atom is 0.331 e. The monoisotopic (exact) mass is 582 g/mol. The van der Waals surface area contributed by atoms with Crippen LogP contribution in [-0.2, 0) is 42.7 Å². The Morgan fingerprint density at radius 3 is 1.33 bits per heavy atom. The van der Waals surface area contributed by atoms with Crippen LogP contribution in [0.2, 0.25) is 0 Å². The first-order valence-corrected chi connectivity index (χ1v) is 14.0. The largest absolute Gasteiger partial charge is 0.507 e. The van der Waals surface area contributed by atoms with Crippen molar-refractivity contribution in [3.05, 3.63) is 80.9 Å². The summed E-state index contributed by atoms with van der Waals surface area (Å²) in [6.07, 6.45) is 2.18. The molecule has 0 saturated heterocycles. The first-order valence-electron chi connectivity index (χ1n) is 14.0. The molecule has 0 fully saturated rings. The molecular formula is C34H46O8. The van der Waals surface area contributed by atoms with E-state index in [1.807, 2.05) is 67.5 Å². The average molecular weight is 583 g/mol. The quantitative estimate of drug-likeness (QED) is 0.165. The molecule has 230 valence electrons. The average Bonchev–Trinajstić information content (AvgIpc) is 2.84. The number of aromatic hydroxyl groups is 2. The van der Waals surface area contributed by atoms with Gasteiger partial charge in [-0.15, -0.1) is 0 Å². The summed E-state index contributed by atoms with van der Waals surface area (Å²) in [5.74, 6) is -2.05. The lowest BCUT2D eigenvalue weighted by Crippen LogP contribution is -2.16. The van der Waals surface area contributed by atoms with Gasteiger partial charge in [0.1, 0.15) is 11.5 Å². The number of phenolic OH excluding ortho intramolecular Hbond substituents is 2. The van der Waals surface area contributed by atoms with Crippen molar-refractivity contribution in [3.63, 3.8) is 0 Å². The maximum atomic E-state index is 11.9. The summed E-state index contributed by atoms with van der Waals surface area (Å²) in [5.41, 5.74) is 3.94. The van der Waals surface area contributed by atoms with E-state index in [0.29, 0.717) is 11.1 Å². The summed E-state index contributed by atoms with van der Waals surface area (Å²) in [4.78, 5) is 23.8. The molecule has 4 N–H and O–H groups in total. The zero-order chi connectivity index (χ0) is 32.0. The molecule has 0 saturated carbocycles. The fraction of sp³-hybridized carbons (Fsp3) is 0.471. The fourth-order valence-corrected chi connectivity index (χ4v) is 4.62. The summed E-state index contributed by atoms with van der Waals surface area (Å²) >= 11 is 0. The van der Waals surface area contributed by atoms with E-state index in [4.69, 9.17) is 9.47 Å². The van der Waals surface area contributed by atoms with Crippen LogP contribution in [0.5, 0.6) is 11.5 Å². The Kier molecular flexibility index (Phi) is 11.6. The van der Waals surface area contributed by atoms with Gasteiger partial charge in [-0.3, -0.25) is 0 Å².